The summed E-state index contributed by atoms with van der Waals surface area (Å²) >= 11 is 2.69. The summed E-state index contributed by atoms with van der Waals surface area (Å²) in [7, 11) is 0. The second-order valence-corrected chi connectivity index (χ2v) is 5.30. The van der Waals surface area contributed by atoms with Crippen molar-refractivity contribution in [1.29, 1.82) is 0 Å². The molecular weight excluding hydrogens is 240 g/mol. The predicted molar refractivity (Wildman–Crippen MR) is 69.0 cm³/mol. The molecule has 0 fully saturated rings. The van der Waals surface area contributed by atoms with Crippen LogP contribution >= 0.6 is 23.1 Å². The number of rotatable bonds is 3. The molecule has 1 aromatic rings. The lowest BCUT2D eigenvalue weighted by Gasteiger charge is -1.90. The van der Waals surface area contributed by atoms with Crippen LogP contribution in [0.5, 0.6) is 0 Å². The number of carbonyl (C=O) groups excluding carboxylic acids is 2. The van der Waals surface area contributed by atoms with Gasteiger partial charge in [-0.3, -0.25) is 9.59 Å². The average molecular weight is 252 g/mol. The molecule has 2 nitrogen and oxygen atoms in total. The summed E-state index contributed by atoms with van der Waals surface area (Å²) in [5.74, 6) is 6.70. The van der Waals surface area contributed by atoms with E-state index in [1.54, 1.807) is 13.8 Å². The Morgan fingerprint density at radius 3 is 2.81 bits per heavy atom. The largest absolute Gasteiger partial charge is 0.294 e. The summed E-state index contributed by atoms with van der Waals surface area (Å²) in [5.41, 5.74) is 0.797. The van der Waals surface area contributed by atoms with Gasteiger partial charge in [-0.15, -0.1) is 11.3 Å². The summed E-state index contributed by atoms with van der Waals surface area (Å²) in [6, 6.07) is 1.85. The van der Waals surface area contributed by atoms with Crippen molar-refractivity contribution in [1.82, 2.24) is 0 Å². The monoisotopic (exact) mass is 252 g/mol. The SMILES string of the molecule is CC(=O)SCCC#Cc1ccsc1C(C)=O. The van der Waals surface area contributed by atoms with Crippen molar-refractivity contribution in [2.24, 2.45) is 0 Å². The molecule has 0 saturated carbocycles. The molecule has 0 saturated heterocycles. The van der Waals surface area contributed by atoms with Gasteiger partial charge in [-0.05, 0) is 18.4 Å². The van der Waals surface area contributed by atoms with E-state index in [1.165, 1.54) is 23.1 Å². The van der Waals surface area contributed by atoms with E-state index in [4.69, 9.17) is 0 Å². The first kappa shape index (κ1) is 13.0. The molecule has 1 heterocycles. The number of thioether (sulfide) groups is 1. The van der Waals surface area contributed by atoms with Gasteiger partial charge in [0.15, 0.2) is 10.9 Å². The van der Waals surface area contributed by atoms with Gasteiger partial charge in [0.25, 0.3) is 0 Å². The zero-order chi connectivity index (χ0) is 12.0. The minimum Gasteiger partial charge on any atom is -0.294 e. The normalized spacial score (nSPS) is 9.38. The van der Waals surface area contributed by atoms with Crippen molar-refractivity contribution in [3.63, 3.8) is 0 Å². The highest BCUT2D eigenvalue weighted by atomic mass is 32.2. The van der Waals surface area contributed by atoms with Gasteiger partial charge in [0.05, 0.1) is 4.88 Å². The lowest BCUT2D eigenvalue weighted by molar-refractivity contribution is -0.109. The molecule has 0 aliphatic rings. The summed E-state index contributed by atoms with van der Waals surface area (Å²) in [4.78, 5) is 22.6. The van der Waals surface area contributed by atoms with Gasteiger partial charge in [-0.25, -0.2) is 0 Å². The fourth-order valence-corrected chi connectivity index (χ4v) is 2.33. The van der Waals surface area contributed by atoms with Crippen LogP contribution in [0.2, 0.25) is 0 Å². The maximum atomic E-state index is 11.2. The lowest BCUT2D eigenvalue weighted by Crippen LogP contribution is -1.90. The molecule has 0 aliphatic heterocycles. The van der Waals surface area contributed by atoms with E-state index >= 15 is 0 Å². The summed E-state index contributed by atoms with van der Waals surface area (Å²) in [6.45, 7) is 3.09. The predicted octanol–water partition coefficient (Wildman–Crippen LogP) is 2.97. The molecule has 84 valence electrons. The molecule has 0 amide bonds. The molecule has 0 spiro atoms. The van der Waals surface area contributed by atoms with E-state index in [2.05, 4.69) is 11.8 Å². The van der Waals surface area contributed by atoms with Crippen molar-refractivity contribution in [2.45, 2.75) is 20.3 Å². The van der Waals surface area contributed by atoms with E-state index in [0.717, 1.165) is 5.56 Å². The number of hydrogen-bond acceptors (Lipinski definition) is 4. The van der Waals surface area contributed by atoms with Crippen molar-refractivity contribution >= 4 is 34.0 Å². The molecule has 0 unspecified atom stereocenters. The number of ketones is 1. The van der Waals surface area contributed by atoms with Crippen molar-refractivity contribution in [3.8, 4) is 11.8 Å². The van der Waals surface area contributed by atoms with Crippen LogP contribution in [-0.4, -0.2) is 16.7 Å². The molecule has 16 heavy (non-hydrogen) atoms. The van der Waals surface area contributed by atoms with Gasteiger partial charge in [0.1, 0.15) is 0 Å². The van der Waals surface area contributed by atoms with Crippen LogP contribution in [-0.2, 0) is 4.79 Å². The van der Waals surface area contributed by atoms with Crippen LogP contribution < -0.4 is 0 Å². The first-order valence-corrected chi connectivity index (χ1v) is 6.68. The van der Waals surface area contributed by atoms with Crippen LogP contribution in [0, 0.1) is 11.8 Å². The van der Waals surface area contributed by atoms with Gasteiger partial charge in [-0.2, -0.15) is 0 Å². The van der Waals surface area contributed by atoms with E-state index < -0.39 is 0 Å². The number of carbonyl (C=O) groups is 2. The Kier molecular flexibility index (Phi) is 5.30. The average Bonchev–Trinajstić information content (AvgIpc) is 2.65. The van der Waals surface area contributed by atoms with Crippen molar-refractivity contribution < 1.29 is 9.59 Å². The Balaban J connectivity index is 2.53. The van der Waals surface area contributed by atoms with Crippen LogP contribution in [0.4, 0.5) is 0 Å². The van der Waals surface area contributed by atoms with Gasteiger partial charge < -0.3 is 0 Å². The molecule has 1 rings (SSSR count). The molecule has 0 radical (unpaired) electrons. The molecule has 0 aliphatic carbocycles. The van der Waals surface area contributed by atoms with Crippen LogP contribution in [0.1, 0.15) is 35.5 Å². The number of hydrogen-bond donors (Lipinski definition) is 0. The Bertz CT molecular complexity index is 449. The highest BCUT2D eigenvalue weighted by Crippen LogP contribution is 2.16. The first-order valence-electron chi connectivity index (χ1n) is 4.82. The van der Waals surface area contributed by atoms with Gasteiger partial charge in [0, 0.05) is 24.7 Å². The zero-order valence-corrected chi connectivity index (χ0v) is 10.8. The highest BCUT2D eigenvalue weighted by molar-refractivity contribution is 8.13. The Labute approximate surface area is 103 Å². The molecule has 0 N–H and O–H groups in total. The molecule has 0 bridgehead atoms. The molecule has 0 atom stereocenters. The third-order valence-electron chi connectivity index (χ3n) is 1.74. The third-order valence-corrected chi connectivity index (χ3v) is 3.57. The molecular formula is C12H12O2S2. The fourth-order valence-electron chi connectivity index (χ4n) is 1.08. The second kappa shape index (κ2) is 6.51. The lowest BCUT2D eigenvalue weighted by atomic mass is 10.2. The summed E-state index contributed by atoms with van der Waals surface area (Å²) in [5, 5.41) is 1.98. The number of thiophene rings is 1. The van der Waals surface area contributed by atoms with E-state index in [1.807, 2.05) is 11.4 Å². The maximum Gasteiger partial charge on any atom is 0.185 e. The summed E-state index contributed by atoms with van der Waals surface area (Å²) < 4.78 is 0. The summed E-state index contributed by atoms with van der Waals surface area (Å²) in [6.07, 6.45) is 0.664. The zero-order valence-electron chi connectivity index (χ0n) is 9.20. The second-order valence-electron chi connectivity index (χ2n) is 3.11. The van der Waals surface area contributed by atoms with Crippen LogP contribution in [0.25, 0.3) is 0 Å². The minimum absolute atomic E-state index is 0.0532. The molecule has 1 aromatic heterocycles. The van der Waals surface area contributed by atoms with Gasteiger partial charge in [-0.1, -0.05) is 23.6 Å². The Hall–Kier alpha value is -1.05. The van der Waals surface area contributed by atoms with Crippen LogP contribution in [0.15, 0.2) is 11.4 Å². The molecule has 0 aromatic carbocycles. The first-order chi connectivity index (χ1) is 7.61. The van der Waals surface area contributed by atoms with Gasteiger partial charge in [0.2, 0.25) is 0 Å². The van der Waals surface area contributed by atoms with E-state index in [9.17, 15) is 9.59 Å². The smallest absolute Gasteiger partial charge is 0.185 e. The Morgan fingerprint density at radius 2 is 2.19 bits per heavy atom. The topological polar surface area (TPSA) is 34.1 Å². The highest BCUT2D eigenvalue weighted by Gasteiger charge is 2.05. The standard InChI is InChI=1S/C12H12O2S2/c1-9(13)12-11(6-8-16-12)5-3-4-7-15-10(2)14/h6,8H,4,7H2,1-2H3. The Morgan fingerprint density at radius 1 is 1.44 bits per heavy atom. The number of Topliss-reactive ketones (excluding diaryl/α,β-unsaturated/α-hetero) is 1. The fraction of sp³-hybridized carbons (Fsp3) is 0.333. The maximum absolute atomic E-state index is 11.2. The van der Waals surface area contributed by atoms with E-state index in [-0.39, 0.29) is 10.9 Å². The van der Waals surface area contributed by atoms with Crippen LogP contribution in [0.3, 0.4) is 0 Å². The molecule has 4 heteroatoms. The quantitative estimate of drug-likeness (QED) is 0.471. The van der Waals surface area contributed by atoms with Gasteiger partial charge >= 0.3 is 0 Å². The van der Waals surface area contributed by atoms with Crippen molar-refractivity contribution in [3.05, 3.63) is 21.9 Å². The minimum atomic E-state index is 0.0532. The van der Waals surface area contributed by atoms with E-state index in [0.29, 0.717) is 17.1 Å². The van der Waals surface area contributed by atoms with Crippen molar-refractivity contribution in [2.75, 3.05) is 5.75 Å². The third kappa shape index (κ3) is 4.21.